The van der Waals surface area contributed by atoms with Crippen LogP contribution < -0.4 is 17.2 Å². The number of carbonyl (C=O) groups is 1. The highest BCUT2D eigenvalue weighted by Crippen LogP contribution is 1.89. The summed E-state index contributed by atoms with van der Waals surface area (Å²) in [6, 6.07) is -0.945. The lowest BCUT2D eigenvalue weighted by atomic mass is 10.2. The predicted molar refractivity (Wildman–Crippen MR) is 59.8 cm³/mol. The molecule has 0 saturated carbocycles. The van der Waals surface area contributed by atoms with E-state index in [2.05, 4.69) is 9.99 Å². The number of rotatable bonds is 5. The van der Waals surface area contributed by atoms with Crippen LogP contribution in [0.5, 0.6) is 0 Å². The number of nitrogens with zero attached hydrogens (tertiary/aromatic N) is 1. The number of oxime groups is 1. The van der Waals surface area contributed by atoms with E-state index in [0.29, 0.717) is 0 Å². The standard InChI is InChI=1S/C5H12N4O3.H2O4S.H2O/c6-3(4(10)11)1-2-12-9-5(7)8;1-5(2,3)4;/h3H,1-2,6H2,(H,10,11)(H4,7,8,9);(H2,1,2,3,4);1H2/t3-;;/m1../s1. The average Bonchev–Trinajstić information content (AvgIpc) is 2.08. The van der Waals surface area contributed by atoms with Crippen LogP contribution in [0, 0.1) is 0 Å². The highest BCUT2D eigenvalue weighted by Gasteiger charge is 2.10. The molecule has 12 nitrogen and oxygen atoms in total. The molecule has 13 heteroatoms. The van der Waals surface area contributed by atoms with Crippen LogP contribution in [-0.4, -0.2) is 52.7 Å². The molecule has 0 aromatic rings. The highest BCUT2D eigenvalue weighted by atomic mass is 32.3. The highest BCUT2D eigenvalue weighted by molar-refractivity contribution is 7.79. The Kier molecular flexibility index (Phi) is 12.6. The van der Waals surface area contributed by atoms with Crippen LogP contribution in [0.15, 0.2) is 5.16 Å². The minimum atomic E-state index is -4.67. The van der Waals surface area contributed by atoms with Gasteiger partial charge in [-0.1, -0.05) is 0 Å². The maximum atomic E-state index is 10.2. The minimum absolute atomic E-state index is 0. The SMILES string of the molecule is NC(N)=NOCC[C@@H](N)C(=O)O.O.O=S(=O)(O)O. The van der Waals surface area contributed by atoms with Crippen LogP contribution in [0.2, 0.25) is 0 Å². The molecular weight excluding hydrogens is 276 g/mol. The lowest BCUT2D eigenvalue weighted by Crippen LogP contribution is -2.31. The van der Waals surface area contributed by atoms with Crippen molar-refractivity contribution in [1.29, 1.82) is 0 Å². The lowest BCUT2D eigenvalue weighted by molar-refractivity contribution is -0.139. The van der Waals surface area contributed by atoms with Crippen LogP contribution in [0.1, 0.15) is 6.42 Å². The molecule has 0 bridgehead atoms. The Morgan fingerprint density at radius 2 is 1.72 bits per heavy atom. The summed E-state index contributed by atoms with van der Waals surface area (Å²) in [6.07, 6.45) is 0.159. The van der Waals surface area contributed by atoms with E-state index in [1.54, 1.807) is 0 Å². The molecule has 110 valence electrons. The van der Waals surface area contributed by atoms with E-state index in [4.69, 9.17) is 39.8 Å². The maximum Gasteiger partial charge on any atom is 0.394 e. The van der Waals surface area contributed by atoms with Crippen molar-refractivity contribution in [1.82, 2.24) is 0 Å². The van der Waals surface area contributed by atoms with Gasteiger partial charge in [0.15, 0.2) is 0 Å². The molecule has 0 aliphatic carbocycles. The smallest absolute Gasteiger partial charge is 0.394 e. The van der Waals surface area contributed by atoms with Crippen molar-refractivity contribution in [2.75, 3.05) is 6.61 Å². The molecule has 0 heterocycles. The number of carboxylic acids is 1. The number of hydrogen-bond acceptors (Lipinski definition) is 6. The van der Waals surface area contributed by atoms with Crippen molar-refractivity contribution in [2.24, 2.45) is 22.4 Å². The number of nitrogens with two attached hydrogens (primary N) is 3. The fourth-order valence-corrected chi connectivity index (χ4v) is 0.423. The molecule has 0 fully saturated rings. The first-order chi connectivity index (χ1) is 7.54. The van der Waals surface area contributed by atoms with Gasteiger partial charge < -0.3 is 32.6 Å². The van der Waals surface area contributed by atoms with Gasteiger partial charge in [0.05, 0.1) is 0 Å². The normalized spacial score (nSPS) is 11.1. The van der Waals surface area contributed by atoms with Gasteiger partial charge in [-0.05, 0) is 5.16 Å². The van der Waals surface area contributed by atoms with Crippen molar-refractivity contribution >= 4 is 22.3 Å². The molecule has 0 aromatic carbocycles. The van der Waals surface area contributed by atoms with E-state index in [1.807, 2.05) is 0 Å². The zero-order chi connectivity index (χ0) is 14.1. The molecule has 0 saturated heterocycles. The van der Waals surface area contributed by atoms with Gasteiger partial charge in [0.1, 0.15) is 12.6 Å². The summed E-state index contributed by atoms with van der Waals surface area (Å²) in [5.74, 6) is -1.29. The van der Waals surface area contributed by atoms with Gasteiger partial charge in [0.2, 0.25) is 5.96 Å². The van der Waals surface area contributed by atoms with Gasteiger partial charge in [0, 0.05) is 6.42 Å². The van der Waals surface area contributed by atoms with Crippen molar-refractivity contribution in [3.05, 3.63) is 0 Å². The van der Waals surface area contributed by atoms with Crippen molar-refractivity contribution < 1.29 is 37.7 Å². The Morgan fingerprint density at radius 3 is 2.00 bits per heavy atom. The first kappa shape index (κ1) is 21.6. The third-order valence-electron chi connectivity index (χ3n) is 1.01. The van der Waals surface area contributed by atoms with Crippen molar-refractivity contribution in [3.8, 4) is 0 Å². The minimum Gasteiger partial charge on any atom is -0.480 e. The van der Waals surface area contributed by atoms with Gasteiger partial charge in [-0.25, -0.2) is 0 Å². The van der Waals surface area contributed by atoms with E-state index in [1.165, 1.54) is 0 Å². The molecular formula is C5H16N4O8S. The Balaban J connectivity index is -0.000000321. The average molecular weight is 292 g/mol. The van der Waals surface area contributed by atoms with E-state index in [9.17, 15) is 4.79 Å². The first-order valence-electron chi connectivity index (χ1n) is 3.93. The molecule has 0 aliphatic rings. The second-order valence-electron chi connectivity index (χ2n) is 2.53. The molecule has 0 unspecified atom stereocenters. The molecule has 1 atom stereocenters. The second-order valence-corrected chi connectivity index (χ2v) is 3.43. The fraction of sp³-hybridized carbons (Fsp3) is 0.600. The zero-order valence-electron chi connectivity index (χ0n) is 9.05. The van der Waals surface area contributed by atoms with E-state index in [-0.39, 0.29) is 24.5 Å². The summed E-state index contributed by atoms with van der Waals surface area (Å²) < 4.78 is 31.6. The van der Waals surface area contributed by atoms with E-state index < -0.39 is 22.4 Å². The Bertz CT molecular complexity index is 342. The first-order valence-corrected chi connectivity index (χ1v) is 5.33. The number of aliphatic carboxylic acids is 1. The Labute approximate surface area is 102 Å². The zero-order valence-corrected chi connectivity index (χ0v) is 9.87. The summed E-state index contributed by atoms with van der Waals surface area (Å²) >= 11 is 0. The van der Waals surface area contributed by atoms with Crippen molar-refractivity contribution in [3.63, 3.8) is 0 Å². The molecule has 0 aromatic heterocycles. The lowest BCUT2D eigenvalue weighted by Gasteiger charge is -2.03. The van der Waals surface area contributed by atoms with Gasteiger partial charge >= 0.3 is 16.4 Å². The quantitative estimate of drug-likeness (QED) is 0.0959. The summed E-state index contributed by atoms with van der Waals surface area (Å²) in [4.78, 5) is 14.7. The van der Waals surface area contributed by atoms with Gasteiger partial charge in [0.25, 0.3) is 0 Å². The Morgan fingerprint density at radius 1 is 1.33 bits per heavy atom. The molecule has 0 radical (unpaired) electrons. The van der Waals surface area contributed by atoms with E-state index >= 15 is 0 Å². The van der Waals surface area contributed by atoms with E-state index in [0.717, 1.165) is 0 Å². The summed E-state index contributed by atoms with van der Waals surface area (Å²) in [5, 5.41) is 11.5. The van der Waals surface area contributed by atoms with Crippen LogP contribution in [0.3, 0.4) is 0 Å². The second kappa shape index (κ2) is 10.5. The third kappa shape index (κ3) is 29.3. The largest absolute Gasteiger partial charge is 0.480 e. The monoisotopic (exact) mass is 292 g/mol. The van der Waals surface area contributed by atoms with Crippen LogP contribution in [-0.2, 0) is 20.0 Å². The van der Waals surface area contributed by atoms with Crippen molar-refractivity contribution in [2.45, 2.75) is 12.5 Å². The summed E-state index contributed by atoms with van der Waals surface area (Å²) in [5.41, 5.74) is 15.0. The molecule has 0 aliphatic heterocycles. The summed E-state index contributed by atoms with van der Waals surface area (Å²) in [6.45, 7) is 0.0748. The molecule has 0 rings (SSSR count). The maximum absolute atomic E-state index is 10.2. The van der Waals surface area contributed by atoms with Crippen LogP contribution >= 0.6 is 0 Å². The van der Waals surface area contributed by atoms with Crippen LogP contribution in [0.25, 0.3) is 0 Å². The molecule has 0 amide bonds. The van der Waals surface area contributed by atoms with Gasteiger partial charge in [-0.3, -0.25) is 13.9 Å². The number of guanidine groups is 1. The van der Waals surface area contributed by atoms with Gasteiger partial charge in [-0.2, -0.15) is 8.42 Å². The Hall–Kier alpha value is -1.67. The topological polar surface area (TPSA) is 243 Å². The molecule has 18 heavy (non-hydrogen) atoms. The number of carboxylic acid groups (broad SMARTS) is 1. The molecule has 0 spiro atoms. The number of hydrogen-bond donors (Lipinski definition) is 6. The van der Waals surface area contributed by atoms with Gasteiger partial charge in [-0.15, -0.1) is 0 Å². The third-order valence-corrected chi connectivity index (χ3v) is 1.01. The fourth-order valence-electron chi connectivity index (χ4n) is 0.423. The summed E-state index contributed by atoms with van der Waals surface area (Å²) in [7, 11) is -4.67. The predicted octanol–water partition coefficient (Wildman–Crippen LogP) is -3.48. The molecule has 11 N–H and O–H groups in total. The van der Waals surface area contributed by atoms with Crippen LogP contribution in [0.4, 0.5) is 0 Å².